The quantitative estimate of drug-likeness (QED) is 0.266. The van der Waals surface area contributed by atoms with Crippen molar-refractivity contribution in [1.82, 2.24) is 4.98 Å². The van der Waals surface area contributed by atoms with E-state index in [4.69, 9.17) is 9.31 Å². The van der Waals surface area contributed by atoms with Crippen LogP contribution in [0.1, 0.15) is 78.5 Å². The molecule has 2 bridgehead atoms. The van der Waals surface area contributed by atoms with E-state index in [-0.39, 0.29) is 11.8 Å². The number of nitriles is 1. The van der Waals surface area contributed by atoms with E-state index in [1.54, 1.807) is 0 Å². The number of nitrogens with one attached hydrogen (secondary N) is 1. The summed E-state index contributed by atoms with van der Waals surface area (Å²) in [4.78, 5) is 3.70. The number of rotatable bonds is 1. The molecular weight excluding hydrogens is 467 g/mol. The van der Waals surface area contributed by atoms with Crippen molar-refractivity contribution in [2.45, 2.75) is 50.7 Å². The van der Waals surface area contributed by atoms with Gasteiger partial charge in [0.2, 0.25) is 0 Å². The average molecular weight is 494 g/mol. The Kier molecular flexibility index (Phi) is 4.18. The summed E-state index contributed by atoms with van der Waals surface area (Å²) < 4.78 is 12.9. The van der Waals surface area contributed by atoms with Crippen molar-refractivity contribution in [2.24, 2.45) is 0 Å². The van der Waals surface area contributed by atoms with E-state index in [0.717, 1.165) is 33.0 Å². The van der Waals surface area contributed by atoms with Crippen molar-refractivity contribution in [2.75, 3.05) is 0 Å². The summed E-state index contributed by atoms with van der Waals surface area (Å²) >= 11 is 0. The monoisotopic (exact) mass is 494 g/mol. The Bertz CT molecular complexity index is 1810. The van der Waals surface area contributed by atoms with Gasteiger partial charge in [0.15, 0.2) is 0 Å². The third-order valence-electron chi connectivity index (χ3n) is 9.47. The standard InChI is InChI=1S/C33H27BN2O2/c1-32(2)33(3,4)38-34(37-32)24-15-9-14-23-29-25(36-31(23)24)16-18(17-35)26-27-19-10-5-7-12-21(19)28(30(26)29)22-13-8-6-11-20(22)27/h5-16,27-28,36H,1-4H3. The van der Waals surface area contributed by atoms with Gasteiger partial charge in [-0.2, -0.15) is 5.26 Å². The Morgan fingerprint density at radius 1 is 0.763 bits per heavy atom. The molecule has 5 aromatic rings. The van der Waals surface area contributed by atoms with Gasteiger partial charge in [-0.25, -0.2) is 0 Å². The number of hydrogen-bond acceptors (Lipinski definition) is 3. The number of hydrogen-bond donors (Lipinski definition) is 1. The number of para-hydroxylation sites is 1. The normalized spacial score (nSPS) is 21.8. The Hall–Kier alpha value is -3.85. The van der Waals surface area contributed by atoms with Crippen LogP contribution in [-0.4, -0.2) is 23.3 Å². The number of H-pyrrole nitrogens is 1. The molecule has 0 amide bonds. The van der Waals surface area contributed by atoms with Gasteiger partial charge in [-0.3, -0.25) is 0 Å². The van der Waals surface area contributed by atoms with Crippen LogP contribution in [0.15, 0.2) is 72.8 Å². The molecule has 0 radical (unpaired) electrons. The maximum atomic E-state index is 10.4. The van der Waals surface area contributed by atoms with Gasteiger partial charge in [-0.15, -0.1) is 0 Å². The molecule has 1 aliphatic heterocycles. The van der Waals surface area contributed by atoms with Crippen LogP contribution in [0.25, 0.3) is 21.8 Å². The molecule has 1 fully saturated rings. The molecule has 38 heavy (non-hydrogen) atoms. The first-order chi connectivity index (χ1) is 18.3. The lowest BCUT2D eigenvalue weighted by Gasteiger charge is -2.43. The van der Waals surface area contributed by atoms with Crippen LogP contribution in [-0.2, 0) is 9.31 Å². The molecular formula is C33H27BN2O2. The van der Waals surface area contributed by atoms with E-state index in [1.165, 1.54) is 33.2 Å². The van der Waals surface area contributed by atoms with Gasteiger partial charge >= 0.3 is 7.12 Å². The van der Waals surface area contributed by atoms with Crippen molar-refractivity contribution in [1.29, 1.82) is 5.26 Å². The zero-order valence-corrected chi connectivity index (χ0v) is 21.9. The Balaban J connectivity index is 1.45. The molecule has 1 aromatic heterocycles. The van der Waals surface area contributed by atoms with E-state index in [2.05, 4.69) is 105 Å². The summed E-state index contributed by atoms with van der Waals surface area (Å²) in [6.45, 7) is 8.33. The summed E-state index contributed by atoms with van der Waals surface area (Å²) in [5.41, 5.74) is 10.6. The number of aromatic nitrogens is 1. The summed E-state index contributed by atoms with van der Waals surface area (Å²) in [5, 5.41) is 12.7. The topological polar surface area (TPSA) is 58.0 Å². The van der Waals surface area contributed by atoms with E-state index < -0.39 is 18.3 Å². The smallest absolute Gasteiger partial charge is 0.399 e. The lowest BCUT2D eigenvalue weighted by Crippen LogP contribution is -2.41. The van der Waals surface area contributed by atoms with Crippen LogP contribution in [0, 0.1) is 11.3 Å². The third-order valence-corrected chi connectivity index (χ3v) is 9.47. The first-order valence-corrected chi connectivity index (χ1v) is 13.4. The highest BCUT2D eigenvalue weighted by atomic mass is 16.7. The predicted molar refractivity (Wildman–Crippen MR) is 151 cm³/mol. The van der Waals surface area contributed by atoms with E-state index in [0.29, 0.717) is 0 Å². The minimum Gasteiger partial charge on any atom is -0.399 e. The molecule has 3 aliphatic carbocycles. The molecule has 1 saturated heterocycles. The Labute approximate surface area is 222 Å². The van der Waals surface area contributed by atoms with Gasteiger partial charge in [-0.1, -0.05) is 66.7 Å². The van der Waals surface area contributed by atoms with Crippen molar-refractivity contribution in [3.05, 3.63) is 112 Å². The second-order valence-electron chi connectivity index (χ2n) is 11.9. The van der Waals surface area contributed by atoms with Gasteiger partial charge in [0.1, 0.15) is 0 Å². The second-order valence-corrected chi connectivity index (χ2v) is 11.9. The van der Waals surface area contributed by atoms with Crippen LogP contribution in [0.3, 0.4) is 0 Å². The molecule has 4 aromatic carbocycles. The van der Waals surface area contributed by atoms with Crippen LogP contribution in [0.5, 0.6) is 0 Å². The highest BCUT2D eigenvalue weighted by Crippen LogP contribution is 2.58. The molecule has 5 heteroatoms. The highest BCUT2D eigenvalue weighted by Gasteiger charge is 2.52. The van der Waals surface area contributed by atoms with Crippen molar-refractivity contribution in [3.63, 3.8) is 0 Å². The maximum Gasteiger partial charge on any atom is 0.497 e. The van der Waals surface area contributed by atoms with E-state index in [1.807, 2.05) is 6.07 Å². The molecule has 1 N–H and O–H groups in total. The number of aromatic amines is 1. The van der Waals surface area contributed by atoms with Gasteiger partial charge in [0.25, 0.3) is 0 Å². The first-order valence-electron chi connectivity index (χ1n) is 13.4. The molecule has 4 nitrogen and oxygen atoms in total. The largest absolute Gasteiger partial charge is 0.497 e. The second kappa shape index (κ2) is 7.17. The van der Waals surface area contributed by atoms with Gasteiger partial charge in [0.05, 0.1) is 22.8 Å². The molecule has 0 atom stereocenters. The molecule has 0 saturated carbocycles. The summed E-state index contributed by atoms with van der Waals surface area (Å²) in [7, 11) is -0.471. The van der Waals surface area contributed by atoms with Crippen LogP contribution in [0.2, 0.25) is 0 Å². The zero-order chi connectivity index (χ0) is 26.0. The highest BCUT2D eigenvalue weighted by molar-refractivity contribution is 6.65. The number of fused-ring (bicyclic) bond motifs is 3. The average Bonchev–Trinajstić information content (AvgIpc) is 3.40. The SMILES string of the molecule is CC1(C)OB(c2cccc3c2[nH]c2cc(C#N)c4c(c23)C2c3ccccc3C4c3ccccc32)OC1(C)C. The predicted octanol–water partition coefficient (Wildman–Crippen LogP) is 6.48. The van der Waals surface area contributed by atoms with Gasteiger partial charge < -0.3 is 14.3 Å². The van der Waals surface area contributed by atoms with Crippen LogP contribution < -0.4 is 5.46 Å². The number of nitrogens with zero attached hydrogens (tertiary/aromatic N) is 1. The van der Waals surface area contributed by atoms with Crippen molar-refractivity contribution >= 4 is 34.4 Å². The molecule has 9 rings (SSSR count). The first kappa shape index (κ1) is 22.2. The van der Waals surface area contributed by atoms with Crippen LogP contribution >= 0.6 is 0 Å². The van der Waals surface area contributed by atoms with Crippen LogP contribution in [0.4, 0.5) is 0 Å². The van der Waals surface area contributed by atoms with E-state index >= 15 is 0 Å². The molecule has 4 aliphatic rings. The third kappa shape index (κ3) is 2.62. The fourth-order valence-corrected chi connectivity index (χ4v) is 7.06. The molecule has 0 unspecified atom stereocenters. The minimum atomic E-state index is -0.471. The molecule has 0 spiro atoms. The Morgan fingerprint density at radius 2 is 1.32 bits per heavy atom. The molecule has 184 valence electrons. The fourth-order valence-electron chi connectivity index (χ4n) is 7.06. The zero-order valence-electron chi connectivity index (χ0n) is 21.9. The van der Waals surface area contributed by atoms with Gasteiger partial charge in [-0.05, 0) is 67.1 Å². The van der Waals surface area contributed by atoms with Crippen molar-refractivity contribution in [3.8, 4) is 6.07 Å². The van der Waals surface area contributed by atoms with Gasteiger partial charge in [0, 0.05) is 39.1 Å². The van der Waals surface area contributed by atoms with Crippen molar-refractivity contribution < 1.29 is 9.31 Å². The minimum absolute atomic E-state index is 0.0534. The summed E-state index contributed by atoms with van der Waals surface area (Å²) in [6.07, 6.45) is 0. The maximum absolute atomic E-state index is 10.4. The lowest BCUT2D eigenvalue weighted by molar-refractivity contribution is 0.00578. The summed E-state index contributed by atoms with van der Waals surface area (Å²) in [6, 6.07) is 28.5. The molecule has 2 heterocycles. The fraction of sp³-hybridized carbons (Fsp3) is 0.242. The van der Waals surface area contributed by atoms with E-state index in [9.17, 15) is 5.26 Å². The Morgan fingerprint density at radius 3 is 1.87 bits per heavy atom. The number of benzene rings is 4. The lowest BCUT2D eigenvalue weighted by atomic mass is 9.59. The summed E-state index contributed by atoms with van der Waals surface area (Å²) in [5.74, 6) is 0.135.